The lowest BCUT2D eigenvalue weighted by Gasteiger charge is -2.41. The predicted molar refractivity (Wildman–Crippen MR) is 76.8 cm³/mol. The zero-order valence-electron chi connectivity index (χ0n) is 12.5. The molecule has 0 spiro atoms. The molecule has 19 heavy (non-hydrogen) atoms. The van der Waals surface area contributed by atoms with E-state index in [2.05, 4.69) is 13.8 Å². The molecule has 0 aromatic rings. The first-order chi connectivity index (χ1) is 9.06. The fraction of sp³-hybridized carbons (Fsp3) is 0.938. The van der Waals surface area contributed by atoms with Gasteiger partial charge < -0.3 is 10.0 Å². The molecule has 110 valence electrons. The number of carbonyl (C=O) groups is 1. The van der Waals surface area contributed by atoms with E-state index in [9.17, 15) is 9.90 Å². The zero-order valence-corrected chi connectivity index (χ0v) is 12.5. The fourth-order valence-corrected chi connectivity index (χ4v) is 3.95. The highest BCUT2D eigenvalue weighted by molar-refractivity contribution is 5.80. The molecule has 2 aliphatic carbocycles. The van der Waals surface area contributed by atoms with Gasteiger partial charge in [-0.1, -0.05) is 39.5 Å². The van der Waals surface area contributed by atoms with Gasteiger partial charge in [-0.2, -0.15) is 0 Å². The highest BCUT2D eigenvalue weighted by Gasteiger charge is 2.40. The number of amides is 1. The van der Waals surface area contributed by atoms with Crippen molar-refractivity contribution in [3.8, 4) is 0 Å². The van der Waals surface area contributed by atoms with Crippen LogP contribution in [0.15, 0.2) is 0 Å². The zero-order chi connectivity index (χ0) is 13.9. The molecule has 3 heteroatoms. The molecule has 1 N–H and O–H groups in total. The number of hydrogen-bond donors (Lipinski definition) is 1. The Hall–Kier alpha value is -0.570. The Bertz CT molecular complexity index is 308. The lowest BCUT2D eigenvalue weighted by atomic mass is 9.68. The van der Waals surface area contributed by atoms with Crippen LogP contribution in [0.1, 0.15) is 65.2 Å². The molecular formula is C16H29NO2. The Balaban J connectivity index is 2.09. The predicted octanol–water partition coefficient (Wildman–Crippen LogP) is 2.97. The first kappa shape index (κ1) is 14.8. The molecule has 0 saturated heterocycles. The van der Waals surface area contributed by atoms with Gasteiger partial charge in [-0.15, -0.1) is 0 Å². The average molecular weight is 267 g/mol. The normalized spacial score (nSPS) is 27.4. The molecule has 2 fully saturated rings. The summed E-state index contributed by atoms with van der Waals surface area (Å²) in [5, 5.41) is 9.28. The van der Waals surface area contributed by atoms with Crippen molar-refractivity contribution in [1.82, 2.24) is 4.90 Å². The molecule has 0 aliphatic heterocycles. The molecule has 0 heterocycles. The first-order valence-electron chi connectivity index (χ1n) is 7.97. The minimum absolute atomic E-state index is 0.0926. The molecule has 0 aromatic heterocycles. The van der Waals surface area contributed by atoms with Crippen LogP contribution in [0.3, 0.4) is 0 Å². The van der Waals surface area contributed by atoms with E-state index in [4.69, 9.17) is 0 Å². The van der Waals surface area contributed by atoms with E-state index in [-0.39, 0.29) is 17.9 Å². The smallest absolute Gasteiger partial charge is 0.226 e. The second kappa shape index (κ2) is 6.25. The van der Waals surface area contributed by atoms with Crippen LogP contribution in [0.2, 0.25) is 0 Å². The van der Waals surface area contributed by atoms with E-state index in [1.807, 2.05) is 4.90 Å². The van der Waals surface area contributed by atoms with Crippen LogP contribution in [0.4, 0.5) is 0 Å². The summed E-state index contributed by atoms with van der Waals surface area (Å²) in [6.07, 6.45) is 9.32. The summed E-state index contributed by atoms with van der Waals surface area (Å²) in [5.41, 5.74) is 0.127. The molecular weight excluding hydrogens is 238 g/mol. The maximum absolute atomic E-state index is 12.9. The van der Waals surface area contributed by atoms with Crippen molar-refractivity contribution in [1.29, 1.82) is 0 Å². The Morgan fingerprint density at radius 2 is 1.79 bits per heavy atom. The van der Waals surface area contributed by atoms with Crippen molar-refractivity contribution in [2.24, 2.45) is 11.3 Å². The molecule has 0 bridgehead atoms. The average Bonchev–Trinajstić information content (AvgIpc) is 2.88. The first-order valence-corrected chi connectivity index (χ1v) is 7.97. The number of aliphatic hydroxyl groups excluding tert-OH is 1. The summed E-state index contributed by atoms with van der Waals surface area (Å²) in [6.45, 7) is 5.09. The number of rotatable bonds is 4. The molecule has 1 amide bonds. The summed E-state index contributed by atoms with van der Waals surface area (Å²) in [7, 11) is 0. The topological polar surface area (TPSA) is 40.5 Å². The van der Waals surface area contributed by atoms with Gasteiger partial charge in [0, 0.05) is 18.5 Å². The largest absolute Gasteiger partial charge is 0.395 e. The quantitative estimate of drug-likeness (QED) is 0.850. The number of carbonyl (C=O) groups excluding carboxylic acids is 1. The van der Waals surface area contributed by atoms with Crippen LogP contribution >= 0.6 is 0 Å². The standard InChI is InChI=1S/C16H29NO2/c1-16(2)10-6-5-9-14(16)15(19)17(11-12-18)13-7-3-4-8-13/h13-14,18H,3-12H2,1-2H3. The molecule has 0 radical (unpaired) electrons. The van der Waals surface area contributed by atoms with Crippen LogP contribution in [-0.2, 0) is 4.79 Å². The van der Waals surface area contributed by atoms with Gasteiger partial charge >= 0.3 is 0 Å². The van der Waals surface area contributed by atoms with E-state index in [1.54, 1.807) is 0 Å². The van der Waals surface area contributed by atoms with Crippen LogP contribution in [0.5, 0.6) is 0 Å². The summed E-state index contributed by atoms with van der Waals surface area (Å²) < 4.78 is 0. The number of aliphatic hydroxyl groups is 1. The molecule has 2 saturated carbocycles. The van der Waals surface area contributed by atoms with E-state index in [0.29, 0.717) is 18.5 Å². The molecule has 1 atom stereocenters. The maximum atomic E-state index is 12.9. The van der Waals surface area contributed by atoms with Gasteiger partial charge in [0.15, 0.2) is 0 Å². The highest BCUT2D eigenvalue weighted by atomic mass is 16.3. The molecule has 3 nitrogen and oxygen atoms in total. The van der Waals surface area contributed by atoms with Gasteiger partial charge in [-0.3, -0.25) is 4.79 Å². The van der Waals surface area contributed by atoms with E-state index >= 15 is 0 Å². The third-order valence-corrected chi connectivity index (χ3v) is 5.19. The van der Waals surface area contributed by atoms with Crippen molar-refractivity contribution in [3.05, 3.63) is 0 Å². The van der Waals surface area contributed by atoms with Crippen LogP contribution in [0.25, 0.3) is 0 Å². The third-order valence-electron chi connectivity index (χ3n) is 5.19. The Morgan fingerprint density at radius 3 is 2.37 bits per heavy atom. The summed E-state index contributed by atoms with van der Waals surface area (Å²) in [4.78, 5) is 14.9. The van der Waals surface area contributed by atoms with Crippen LogP contribution < -0.4 is 0 Å². The summed E-state index contributed by atoms with van der Waals surface area (Å²) in [5.74, 6) is 0.471. The highest BCUT2D eigenvalue weighted by Crippen LogP contribution is 2.42. The third kappa shape index (κ3) is 3.31. The minimum Gasteiger partial charge on any atom is -0.395 e. The second-order valence-corrected chi connectivity index (χ2v) is 6.98. The number of nitrogens with zero attached hydrogens (tertiary/aromatic N) is 1. The molecule has 0 aromatic carbocycles. The molecule has 1 unspecified atom stereocenters. The Morgan fingerprint density at radius 1 is 1.16 bits per heavy atom. The Labute approximate surface area is 117 Å². The van der Waals surface area contributed by atoms with Crippen molar-refractivity contribution >= 4 is 5.91 Å². The minimum atomic E-state index is 0.0926. The van der Waals surface area contributed by atoms with E-state index < -0.39 is 0 Å². The fourth-order valence-electron chi connectivity index (χ4n) is 3.95. The SMILES string of the molecule is CC1(C)CCCCC1C(=O)N(CCO)C1CCCC1. The van der Waals surface area contributed by atoms with Crippen LogP contribution in [0, 0.1) is 11.3 Å². The summed E-state index contributed by atoms with van der Waals surface area (Å²) >= 11 is 0. The van der Waals surface area contributed by atoms with Gasteiger partial charge in [0.2, 0.25) is 5.91 Å². The monoisotopic (exact) mass is 267 g/mol. The van der Waals surface area contributed by atoms with Crippen molar-refractivity contribution in [3.63, 3.8) is 0 Å². The Kier molecular flexibility index (Phi) is 4.88. The van der Waals surface area contributed by atoms with Gasteiger partial charge in [-0.05, 0) is 31.1 Å². The van der Waals surface area contributed by atoms with Crippen molar-refractivity contribution in [2.45, 2.75) is 71.3 Å². The van der Waals surface area contributed by atoms with Gasteiger partial charge in [0.05, 0.1) is 6.61 Å². The second-order valence-electron chi connectivity index (χ2n) is 6.98. The van der Waals surface area contributed by atoms with E-state index in [0.717, 1.165) is 25.7 Å². The van der Waals surface area contributed by atoms with Crippen molar-refractivity contribution in [2.75, 3.05) is 13.2 Å². The van der Waals surface area contributed by atoms with Crippen LogP contribution in [-0.4, -0.2) is 35.1 Å². The van der Waals surface area contributed by atoms with Gasteiger partial charge in [0.1, 0.15) is 0 Å². The maximum Gasteiger partial charge on any atom is 0.226 e. The van der Waals surface area contributed by atoms with Gasteiger partial charge in [-0.25, -0.2) is 0 Å². The van der Waals surface area contributed by atoms with Crippen molar-refractivity contribution < 1.29 is 9.90 Å². The lowest BCUT2D eigenvalue weighted by Crippen LogP contribution is -2.48. The van der Waals surface area contributed by atoms with Gasteiger partial charge in [0.25, 0.3) is 0 Å². The molecule has 2 rings (SSSR count). The summed E-state index contributed by atoms with van der Waals surface area (Å²) in [6, 6.07) is 0.386. The lowest BCUT2D eigenvalue weighted by molar-refractivity contribution is -0.144. The van der Waals surface area contributed by atoms with E-state index in [1.165, 1.54) is 25.7 Å². The molecule has 2 aliphatic rings. The number of hydrogen-bond acceptors (Lipinski definition) is 2.